The van der Waals surface area contributed by atoms with Crippen LogP contribution in [0, 0.1) is 0 Å². The van der Waals surface area contributed by atoms with Gasteiger partial charge in [-0.1, -0.05) is 78.4 Å². The number of carboxylic acids is 1. The lowest BCUT2D eigenvalue weighted by molar-refractivity contribution is -0.198. The van der Waals surface area contributed by atoms with Gasteiger partial charge < -0.3 is 21.3 Å². The van der Waals surface area contributed by atoms with E-state index in [4.69, 9.17) is 21.3 Å². The predicted molar refractivity (Wildman–Crippen MR) is 143 cm³/mol. The third-order valence-corrected chi connectivity index (χ3v) is 6.13. The van der Waals surface area contributed by atoms with E-state index in [0.717, 1.165) is 5.57 Å². The Morgan fingerprint density at radius 1 is 1.13 bits per heavy atom. The van der Waals surface area contributed by atoms with Crippen LogP contribution in [0.15, 0.2) is 84.5 Å². The number of allylic oxidation sites excluding steroid dienone is 6. The first-order valence-corrected chi connectivity index (χ1v) is 12.1. The summed E-state index contributed by atoms with van der Waals surface area (Å²) >= 11 is 0. The minimum atomic E-state index is -4.76. The largest absolute Gasteiger partial charge is 0.480 e. The molecule has 1 aromatic heterocycles. The molecule has 39 heavy (non-hydrogen) atoms. The smallest absolute Gasteiger partial charge is 0.429 e. The van der Waals surface area contributed by atoms with Crippen LogP contribution >= 0.6 is 0 Å². The van der Waals surface area contributed by atoms with Crippen molar-refractivity contribution in [2.24, 2.45) is 5.73 Å². The molecule has 0 radical (unpaired) electrons. The van der Waals surface area contributed by atoms with E-state index >= 15 is 0 Å². The number of aromatic nitrogens is 2. The standard InChI is InChI=1S/C29H27F3N4O3/c1-17-5-4-6-19(12-9-17)21-7-2-3-8-22(21)26(29(30,31)32)39-25-16-24(35-28(34)36-25)20-13-10-18(11-14-20)15-23(33)27(37)38/h2-8,10-14,16,23,26H,9,15,33H2,1H3,(H,37,38)(H2,34,35,36). The molecule has 0 saturated carbocycles. The van der Waals surface area contributed by atoms with Gasteiger partial charge in [-0.15, -0.1) is 0 Å². The number of nitrogens with zero attached hydrogens (tertiary/aromatic N) is 2. The predicted octanol–water partition coefficient (Wildman–Crippen LogP) is 5.65. The SMILES string of the molecule is CC1=CC=CC(c2ccccc2C(Oc2cc(-c3ccc(CC(N)C(=O)O)cc3)nc(N)n2)C(F)(F)F)=CC1. The van der Waals surface area contributed by atoms with Crippen LogP contribution < -0.4 is 16.2 Å². The van der Waals surface area contributed by atoms with Crippen LogP contribution in [0.2, 0.25) is 0 Å². The third kappa shape index (κ3) is 6.91. The van der Waals surface area contributed by atoms with E-state index in [9.17, 15) is 18.0 Å². The Labute approximate surface area is 223 Å². The molecule has 4 rings (SSSR count). The Hall–Kier alpha value is -4.44. The van der Waals surface area contributed by atoms with Crippen LogP contribution in [0.4, 0.5) is 19.1 Å². The quantitative estimate of drug-likeness (QED) is 0.340. The summed E-state index contributed by atoms with van der Waals surface area (Å²) < 4.78 is 48.7. The highest BCUT2D eigenvalue weighted by molar-refractivity contribution is 5.77. The van der Waals surface area contributed by atoms with Gasteiger partial charge in [0.25, 0.3) is 0 Å². The van der Waals surface area contributed by atoms with Crippen LogP contribution in [0.5, 0.6) is 5.88 Å². The number of alkyl halides is 3. The van der Waals surface area contributed by atoms with E-state index in [2.05, 4.69) is 9.97 Å². The number of nitrogen functional groups attached to an aromatic ring is 1. The fourth-order valence-corrected chi connectivity index (χ4v) is 4.14. The second-order valence-corrected chi connectivity index (χ2v) is 9.16. The van der Waals surface area contributed by atoms with Crippen molar-refractivity contribution in [1.82, 2.24) is 9.97 Å². The summed E-state index contributed by atoms with van der Waals surface area (Å²) in [4.78, 5) is 19.1. The van der Waals surface area contributed by atoms with E-state index in [1.165, 1.54) is 18.2 Å². The monoisotopic (exact) mass is 536 g/mol. The van der Waals surface area contributed by atoms with Gasteiger partial charge in [-0.3, -0.25) is 4.79 Å². The molecule has 2 atom stereocenters. The van der Waals surface area contributed by atoms with Crippen molar-refractivity contribution in [3.8, 4) is 17.1 Å². The summed E-state index contributed by atoms with van der Waals surface area (Å²) in [5.74, 6) is -1.72. The summed E-state index contributed by atoms with van der Waals surface area (Å²) in [6.45, 7) is 1.95. The van der Waals surface area contributed by atoms with Crippen LogP contribution in [0.1, 0.15) is 36.1 Å². The summed E-state index contributed by atoms with van der Waals surface area (Å²) in [6, 6.07) is 13.1. The number of halogens is 3. The highest BCUT2D eigenvalue weighted by atomic mass is 19.4. The topological polar surface area (TPSA) is 124 Å². The third-order valence-electron chi connectivity index (χ3n) is 6.13. The number of hydrogen-bond donors (Lipinski definition) is 3. The van der Waals surface area contributed by atoms with Crippen LogP contribution in [0.3, 0.4) is 0 Å². The Kier molecular flexibility index (Phi) is 8.15. The zero-order valence-electron chi connectivity index (χ0n) is 21.0. The molecule has 202 valence electrons. The number of ether oxygens (including phenoxy) is 1. The van der Waals surface area contributed by atoms with Gasteiger partial charge in [0.15, 0.2) is 0 Å². The molecule has 0 amide bonds. The van der Waals surface area contributed by atoms with E-state index in [1.807, 2.05) is 25.2 Å². The highest BCUT2D eigenvalue weighted by Crippen LogP contribution is 2.40. The molecule has 0 saturated heterocycles. The molecule has 0 spiro atoms. The van der Waals surface area contributed by atoms with Crippen molar-refractivity contribution in [2.75, 3.05) is 5.73 Å². The summed E-state index contributed by atoms with van der Waals surface area (Å²) in [5, 5.41) is 9.00. The van der Waals surface area contributed by atoms with Crippen LogP contribution in [-0.2, 0) is 11.2 Å². The van der Waals surface area contributed by atoms with Crippen LogP contribution in [-0.4, -0.2) is 33.3 Å². The van der Waals surface area contributed by atoms with Crippen molar-refractivity contribution in [3.05, 3.63) is 101 Å². The Morgan fingerprint density at radius 3 is 2.54 bits per heavy atom. The highest BCUT2D eigenvalue weighted by Gasteiger charge is 2.44. The van der Waals surface area contributed by atoms with Crippen molar-refractivity contribution >= 4 is 17.5 Å². The van der Waals surface area contributed by atoms with Gasteiger partial charge in [-0.05, 0) is 36.5 Å². The van der Waals surface area contributed by atoms with Crippen molar-refractivity contribution in [2.45, 2.75) is 38.1 Å². The molecule has 7 nitrogen and oxygen atoms in total. The Morgan fingerprint density at radius 2 is 1.85 bits per heavy atom. The first-order chi connectivity index (χ1) is 18.5. The van der Waals surface area contributed by atoms with Gasteiger partial charge in [0, 0.05) is 17.2 Å². The molecule has 1 heterocycles. The van der Waals surface area contributed by atoms with Gasteiger partial charge in [0.1, 0.15) is 6.04 Å². The van der Waals surface area contributed by atoms with Crippen molar-refractivity contribution < 1.29 is 27.8 Å². The number of nitrogens with two attached hydrogens (primary N) is 2. The van der Waals surface area contributed by atoms with Gasteiger partial charge in [-0.2, -0.15) is 18.2 Å². The number of carbonyl (C=O) groups is 1. The lowest BCUT2D eigenvalue weighted by Gasteiger charge is -2.24. The van der Waals surface area contributed by atoms with E-state index in [1.54, 1.807) is 42.5 Å². The zero-order valence-corrected chi connectivity index (χ0v) is 21.0. The second-order valence-electron chi connectivity index (χ2n) is 9.16. The van der Waals surface area contributed by atoms with Crippen molar-refractivity contribution in [3.63, 3.8) is 0 Å². The molecule has 0 fully saturated rings. The molecule has 2 unspecified atom stereocenters. The number of hydrogen-bond acceptors (Lipinski definition) is 6. The molecule has 0 bridgehead atoms. The van der Waals surface area contributed by atoms with E-state index in [0.29, 0.717) is 28.7 Å². The lowest BCUT2D eigenvalue weighted by Crippen LogP contribution is -2.32. The molecule has 3 aromatic rings. The number of rotatable bonds is 8. The minimum absolute atomic E-state index is 0.0571. The minimum Gasteiger partial charge on any atom is -0.480 e. The maximum absolute atomic E-state index is 14.4. The molecule has 1 aliphatic rings. The molecule has 0 aliphatic heterocycles. The average molecular weight is 537 g/mol. The maximum Gasteiger partial charge on any atom is 0.429 e. The number of benzene rings is 2. The number of aliphatic carboxylic acids is 1. The molecule has 2 aromatic carbocycles. The summed E-state index contributed by atoms with van der Waals surface area (Å²) in [5.41, 5.74) is 15.0. The molecule has 1 aliphatic carbocycles. The summed E-state index contributed by atoms with van der Waals surface area (Å²) in [7, 11) is 0. The summed E-state index contributed by atoms with van der Waals surface area (Å²) in [6.07, 6.45) is 1.04. The Balaban J connectivity index is 1.66. The number of carboxylic acid groups (broad SMARTS) is 1. The van der Waals surface area contributed by atoms with Gasteiger partial charge >= 0.3 is 12.1 Å². The average Bonchev–Trinajstić information content (AvgIpc) is 3.11. The fraction of sp³-hybridized carbons (Fsp3) is 0.207. The maximum atomic E-state index is 14.4. The van der Waals surface area contributed by atoms with E-state index < -0.39 is 24.3 Å². The zero-order chi connectivity index (χ0) is 28.2. The molecular formula is C29H27F3N4O3. The lowest BCUT2D eigenvalue weighted by atomic mass is 9.94. The van der Waals surface area contributed by atoms with Gasteiger partial charge in [-0.25, -0.2) is 4.98 Å². The molecular weight excluding hydrogens is 509 g/mol. The van der Waals surface area contributed by atoms with Crippen LogP contribution in [0.25, 0.3) is 16.8 Å². The van der Waals surface area contributed by atoms with E-state index in [-0.39, 0.29) is 29.5 Å². The van der Waals surface area contributed by atoms with Gasteiger partial charge in [0.05, 0.1) is 5.69 Å². The molecule has 5 N–H and O–H groups in total. The fourth-order valence-electron chi connectivity index (χ4n) is 4.14. The number of anilines is 1. The van der Waals surface area contributed by atoms with Gasteiger partial charge in [0.2, 0.25) is 17.9 Å². The van der Waals surface area contributed by atoms with Crippen molar-refractivity contribution in [1.29, 1.82) is 0 Å². The Bertz CT molecular complexity index is 1450. The molecule has 10 heteroatoms. The normalized spacial score (nSPS) is 15.1. The second kappa shape index (κ2) is 11.5. The first-order valence-electron chi connectivity index (χ1n) is 12.1. The first kappa shape index (κ1) is 27.6.